The zero-order valence-electron chi connectivity index (χ0n) is 12.2. The van der Waals surface area contributed by atoms with Gasteiger partial charge in [0.05, 0.1) is 4.90 Å². The molecule has 20 heavy (non-hydrogen) atoms. The van der Waals surface area contributed by atoms with E-state index >= 15 is 0 Å². The first-order valence-electron chi connectivity index (χ1n) is 6.95. The number of benzene rings is 1. The Morgan fingerprint density at radius 1 is 1.10 bits per heavy atom. The highest BCUT2D eigenvalue weighted by Crippen LogP contribution is 2.20. The Morgan fingerprint density at radius 2 is 1.75 bits per heavy atom. The maximum atomic E-state index is 12.6. The molecule has 0 spiro atoms. The molecule has 0 saturated carbocycles. The summed E-state index contributed by atoms with van der Waals surface area (Å²) in [6, 6.07) is 5.33. The van der Waals surface area contributed by atoms with E-state index in [9.17, 15) is 8.42 Å². The second-order valence-electron chi connectivity index (χ2n) is 5.28. The van der Waals surface area contributed by atoms with Crippen molar-refractivity contribution in [3.05, 3.63) is 29.3 Å². The first-order valence-corrected chi connectivity index (χ1v) is 8.39. The first kappa shape index (κ1) is 15.4. The van der Waals surface area contributed by atoms with E-state index in [0.29, 0.717) is 24.5 Å². The fourth-order valence-corrected chi connectivity index (χ4v) is 3.91. The number of piperazine rings is 1. The second kappa shape index (κ2) is 6.22. The normalized spacial score (nSPS) is 18.4. The van der Waals surface area contributed by atoms with Gasteiger partial charge in [0.2, 0.25) is 10.0 Å². The molecule has 6 heteroatoms. The Hall–Kier alpha value is -0.950. The van der Waals surface area contributed by atoms with Crippen molar-refractivity contribution in [3.8, 4) is 0 Å². The summed E-state index contributed by atoms with van der Waals surface area (Å²) in [5.41, 5.74) is 7.64. The summed E-state index contributed by atoms with van der Waals surface area (Å²) < 4.78 is 26.8. The molecule has 1 aliphatic rings. The second-order valence-corrected chi connectivity index (χ2v) is 7.22. The topological polar surface area (TPSA) is 66.6 Å². The molecule has 1 aromatic rings. The molecule has 1 aliphatic heterocycles. The summed E-state index contributed by atoms with van der Waals surface area (Å²) in [5.74, 6) is 0. The molecule has 112 valence electrons. The zero-order valence-corrected chi connectivity index (χ0v) is 13.0. The van der Waals surface area contributed by atoms with Crippen molar-refractivity contribution in [2.24, 2.45) is 5.73 Å². The van der Waals surface area contributed by atoms with Crippen LogP contribution in [-0.2, 0) is 10.0 Å². The molecular formula is C14H23N3O2S. The monoisotopic (exact) mass is 297 g/mol. The minimum atomic E-state index is -3.36. The molecule has 1 saturated heterocycles. The third-order valence-corrected chi connectivity index (χ3v) is 5.79. The van der Waals surface area contributed by atoms with Crippen molar-refractivity contribution in [3.63, 3.8) is 0 Å². The Balaban J connectivity index is 2.13. The van der Waals surface area contributed by atoms with Gasteiger partial charge in [-0.15, -0.1) is 0 Å². The fraction of sp³-hybridized carbons (Fsp3) is 0.571. The summed E-state index contributed by atoms with van der Waals surface area (Å²) in [6.45, 7) is 7.94. The lowest BCUT2D eigenvalue weighted by molar-refractivity contribution is 0.192. The van der Waals surface area contributed by atoms with E-state index in [1.54, 1.807) is 16.4 Å². The summed E-state index contributed by atoms with van der Waals surface area (Å²) >= 11 is 0. The molecule has 0 amide bonds. The lowest BCUT2D eigenvalue weighted by Gasteiger charge is -2.33. The van der Waals surface area contributed by atoms with Crippen LogP contribution in [-0.4, -0.2) is 56.9 Å². The largest absolute Gasteiger partial charge is 0.329 e. The van der Waals surface area contributed by atoms with Crippen LogP contribution in [0.1, 0.15) is 11.1 Å². The van der Waals surface area contributed by atoms with Crippen molar-refractivity contribution in [1.29, 1.82) is 0 Å². The molecular weight excluding hydrogens is 274 g/mol. The molecule has 2 N–H and O–H groups in total. The van der Waals surface area contributed by atoms with Gasteiger partial charge in [0.1, 0.15) is 0 Å². The van der Waals surface area contributed by atoms with Crippen LogP contribution in [0, 0.1) is 13.8 Å². The maximum Gasteiger partial charge on any atom is 0.243 e. The fourth-order valence-electron chi connectivity index (χ4n) is 2.40. The van der Waals surface area contributed by atoms with Gasteiger partial charge in [-0.05, 0) is 37.1 Å². The smallest absolute Gasteiger partial charge is 0.243 e. The number of nitrogens with two attached hydrogens (primary N) is 1. The van der Waals surface area contributed by atoms with Crippen LogP contribution in [0.25, 0.3) is 0 Å². The van der Waals surface area contributed by atoms with Crippen LogP contribution in [0.15, 0.2) is 23.1 Å². The number of rotatable bonds is 4. The first-order chi connectivity index (χ1) is 9.45. The molecule has 0 atom stereocenters. The van der Waals surface area contributed by atoms with Gasteiger partial charge in [0.15, 0.2) is 0 Å². The van der Waals surface area contributed by atoms with Gasteiger partial charge < -0.3 is 5.73 Å². The maximum absolute atomic E-state index is 12.6. The summed E-state index contributed by atoms with van der Waals surface area (Å²) in [5, 5.41) is 0. The van der Waals surface area contributed by atoms with Crippen molar-refractivity contribution in [1.82, 2.24) is 9.21 Å². The van der Waals surface area contributed by atoms with Gasteiger partial charge in [0, 0.05) is 39.3 Å². The van der Waals surface area contributed by atoms with E-state index in [1.807, 2.05) is 19.9 Å². The Kier molecular flexibility index (Phi) is 4.80. The van der Waals surface area contributed by atoms with Gasteiger partial charge in [-0.1, -0.05) is 6.07 Å². The van der Waals surface area contributed by atoms with E-state index in [-0.39, 0.29) is 0 Å². The van der Waals surface area contributed by atoms with Gasteiger partial charge in [0.25, 0.3) is 0 Å². The lowest BCUT2D eigenvalue weighted by atomic mass is 10.1. The van der Waals surface area contributed by atoms with E-state index in [4.69, 9.17) is 5.73 Å². The highest BCUT2D eigenvalue weighted by molar-refractivity contribution is 7.89. The highest BCUT2D eigenvalue weighted by Gasteiger charge is 2.28. The standard InChI is InChI=1S/C14H23N3O2S/c1-12-3-4-14(11-13(12)2)20(18,19)17-9-7-16(6-5-15)8-10-17/h3-4,11H,5-10,15H2,1-2H3. The number of nitrogens with zero attached hydrogens (tertiary/aromatic N) is 2. The molecule has 0 unspecified atom stereocenters. The Morgan fingerprint density at radius 3 is 2.30 bits per heavy atom. The zero-order chi connectivity index (χ0) is 14.8. The molecule has 1 aromatic carbocycles. The van der Waals surface area contributed by atoms with Gasteiger partial charge in [-0.3, -0.25) is 4.90 Å². The number of aryl methyl sites for hydroxylation is 2. The SMILES string of the molecule is Cc1ccc(S(=O)(=O)N2CCN(CCN)CC2)cc1C. The average molecular weight is 297 g/mol. The van der Waals surface area contributed by atoms with Crippen LogP contribution >= 0.6 is 0 Å². The third kappa shape index (κ3) is 3.20. The third-order valence-electron chi connectivity index (χ3n) is 3.89. The predicted molar refractivity (Wildman–Crippen MR) is 80.2 cm³/mol. The number of sulfonamides is 1. The molecule has 5 nitrogen and oxygen atoms in total. The quantitative estimate of drug-likeness (QED) is 0.882. The van der Waals surface area contributed by atoms with Crippen LogP contribution < -0.4 is 5.73 Å². The van der Waals surface area contributed by atoms with E-state index in [1.165, 1.54) is 0 Å². The molecule has 0 aliphatic carbocycles. The van der Waals surface area contributed by atoms with E-state index in [0.717, 1.165) is 30.8 Å². The van der Waals surface area contributed by atoms with Crippen LogP contribution in [0.2, 0.25) is 0 Å². The predicted octanol–water partition coefficient (Wildman–Crippen LogP) is 0.568. The minimum absolute atomic E-state index is 0.396. The van der Waals surface area contributed by atoms with E-state index < -0.39 is 10.0 Å². The molecule has 2 rings (SSSR count). The number of hydrogen-bond acceptors (Lipinski definition) is 4. The Labute approximate surface area is 121 Å². The average Bonchev–Trinajstić information content (AvgIpc) is 2.43. The molecule has 0 bridgehead atoms. The number of hydrogen-bond donors (Lipinski definition) is 1. The van der Waals surface area contributed by atoms with Crippen LogP contribution in [0.5, 0.6) is 0 Å². The van der Waals surface area contributed by atoms with Crippen molar-refractivity contribution in [2.75, 3.05) is 39.3 Å². The summed E-state index contributed by atoms with van der Waals surface area (Å²) in [7, 11) is -3.36. The van der Waals surface area contributed by atoms with Gasteiger partial charge in [-0.25, -0.2) is 8.42 Å². The summed E-state index contributed by atoms with van der Waals surface area (Å²) in [6.07, 6.45) is 0. The van der Waals surface area contributed by atoms with E-state index in [2.05, 4.69) is 4.90 Å². The van der Waals surface area contributed by atoms with Crippen molar-refractivity contribution in [2.45, 2.75) is 18.7 Å². The highest BCUT2D eigenvalue weighted by atomic mass is 32.2. The Bertz CT molecular complexity index is 564. The van der Waals surface area contributed by atoms with Crippen LogP contribution in [0.4, 0.5) is 0 Å². The molecule has 0 aromatic heterocycles. The van der Waals surface area contributed by atoms with Gasteiger partial charge in [-0.2, -0.15) is 4.31 Å². The molecule has 1 heterocycles. The van der Waals surface area contributed by atoms with Crippen molar-refractivity contribution >= 4 is 10.0 Å². The lowest BCUT2D eigenvalue weighted by Crippen LogP contribution is -2.49. The van der Waals surface area contributed by atoms with Gasteiger partial charge >= 0.3 is 0 Å². The van der Waals surface area contributed by atoms with Crippen molar-refractivity contribution < 1.29 is 8.42 Å². The minimum Gasteiger partial charge on any atom is -0.329 e. The molecule has 0 radical (unpaired) electrons. The molecule has 1 fully saturated rings. The van der Waals surface area contributed by atoms with Crippen LogP contribution in [0.3, 0.4) is 0 Å². The summed E-state index contributed by atoms with van der Waals surface area (Å²) in [4.78, 5) is 2.60.